The van der Waals surface area contributed by atoms with E-state index in [1.165, 1.54) is 0 Å². The molecule has 0 amide bonds. The van der Waals surface area contributed by atoms with E-state index >= 15 is 0 Å². The molecular weight excluding hydrogens is 380 g/mol. The van der Waals surface area contributed by atoms with E-state index in [1.807, 2.05) is 57.3 Å². The van der Waals surface area contributed by atoms with Crippen molar-refractivity contribution >= 4 is 45.5 Å². The lowest BCUT2D eigenvalue weighted by molar-refractivity contribution is 1.19. The summed E-state index contributed by atoms with van der Waals surface area (Å²) in [5.74, 6) is 0.607. The first-order chi connectivity index (χ1) is 14.0. The zero-order valence-corrected chi connectivity index (χ0v) is 17.2. The number of benzene rings is 1. The summed E-state index contributed by atoms with van der Waals surface area (Å²) < 4.78 is 0. The number of aromatic nitrogens is 3. The minimum absolute atomic E-state index is 0.344. The maximum absolute atomic E-state index is 9.38. The zero-order chi connectivity index (χ0) is 20.4. The molecular formula is C22H20N6S. The summed E-state index contributed by atoms with van der Waals surface area (Å²) in [5, 5.41) is 18.2. The summed E-state index contributed by atoms with van der Waals surface area (Å²) in [6, 6.07) is 13.8. The second-order valence-electron chi connectivity index (χ2n) is 6.78. The van der Waals surface area contributed by atoms with Crippen molar-refractivity contribution in [3.8, 4) is 6.07 Å². The van der Waals surface area contributed by atoms with Crippen LogP contribution in [0.15, 0.2) is 48.3 Å². The molecule has 0 saturated heterocycles. The Morgan fingerprint density at radius 3 is 2.76 bits per heavy atom. The van der Waals surface area contributed by atoms with E-state index in [1.54, 1.807) is 17.4 Å². The van der Waals surface area contributed by atoms with Crippen LogP contribution in [0.4, 0.5) is 17.2 Å². The highest BCUT2D eigenvalue weighted by molar-refractivity contribution is 7.12. The number of fused-ring (bicyclic) bond motifs is 1. The molecule has 1 aromatic carbocycles. The van der Waals surface area contributed by atoms with Gasteiger partial charge in [0.05, 0.1) is 15.6 Å². The lowest BCUT2D eigenvalue weighted by atomic mass is 10.2. The van der Waals surface area contributed by atoms with Crippen molar-refractivity contribution in [2.24, 2.45) is 0 Å². The van der Waals surface area contributed by atoms with Crippen molar-refractivity contribution in [1.82, 2.24) is 15.0 Å². The van der Waals surface area contributed by atoms with E-state index in [0.29, 0.717) is 11.5 Å². The smallest absolute Gasteiger partial charge is 0.144 e. The van der Waals surface area contributed by atoms with Crippen LogP contribution in [0.1, 0.15) is 28.2 Å². The number of hydrogen-bond acceptors (Lipinski definition) is 6. The quantitative estimate of drug-likeness (QED) is 0.398. The monoisotopic (exact) mass is 400 g/mol. The number of H-pyrrole nitrogens is 1. The van der Waals surface area contributed by atoms with Crippen LogP contribution < -0.4 is 10.6 Å². The number of thiazole rings is 1. The number of pyridine rings is 1. The molecule has 6 nitrogen and oxygen atoms in total. The largest absolute Gasteiger partial charge is 0.361 e. The van der Waals surface area contributed by atoms with E-state index < -0.39 is 0 Å². The van der Waals surface area contributed by atoms with Gasteiger partial charge < -0.3 is 15.6 Å². The average molecular weight is 401 g/mol. The molecule has 144 valence electrons. The molecule has 0 radical (unpaired) electrons. The second kappa shape index (κ2) is 7.78. The summed E-state index contributed by atoms with van der Waals surface area (Å²) in [6.07, 6.45) is 3.98. The van der Waals surface area contributed by atoms with Crippen LogP contribution in [0.25, 0.3) is 17.0 Å². The highest BCUT2D eigenvalue weighted by Crippen LogP contribution is 2.25. The normalized spacial score (nSPS) is 11.4. The second-order valence-corrected chi connectivity index (χ2v) is 8.01. The van der Waals surface area contributed by atoms with Crippen LogP contribution >= 0.6 is 11.3 Å². The van der Waals surface area contributed by atoms with Gasteiger partial charge in [0.1, 0.15) is 17.6 Å². The van der Waals surface area contributed by atoms with E-state index in [0.717, 1.165) is 43.6 Å². The van der Waals surface area contributed by atoms with E-state index in [-0.39, 0.29) is 0 Å². The Morgan fingerprint density at radius 2 is 2.00 bits per heavy atom. The van der Waals surface area contributed by atoms with Crippen LogP contribution in [0, 0.1) is 25.2 Å². The van der Waals surface area contributed by atoms with Crippen LogP contribution in [0.3, 0.4) is 0 Å². The van der Waals surface area contributed by atoms with Crippen molar-refractivity contribution in [3.63, 3.8) is 0 Å². The number of aryl methyl sites for hydroxylation is 2. The molecule has 7 heteroatoms. The first-order valence-corrected chi connectivity index (χ1v) is 9.97. The standard InChI is InChI=1S/C22H20N6S/c1-13(8-21-14(2)26-15(3)29-21)25-18-9-19(12-23)28-22(11-18)27-17-5-4-16-6-7-24-20(16)10-17/h4-11,24H,1-3H3,(H2,25,27,28)/b13-8+. The number of nitrogens with one attached hydrogen (secondary N) is 3. The van der Waals surface area contributed by atoms with Gasteiger partial charge in [-0.1, -0.05) is 6.07 Å². The number of aromatic amines is 1. The maximum Gasteiger partial charge on any atom is 0.144 e. The van der Waals surface area contributed by atoms with Gasteiger partial charge in [0.2, 0.25) is 0 Å². The molecule has 0 fully saturated rings. The Labute approximate surface area is 173 Å². The van der Waals surface area contributed by atoms with E-state index in [4.69, 9.17) is 0 Å². The summed E-state index contributed by atoms with van der Waals surface area (Å²) in [5.41, 5.74) is 5.06. The van der Waals surface area contributed by atoms with Gasteiger partial charge in [-0.15, -0.1) is 11.3 Å². The molecule has 0 bridgehead atoms. The van der Waals surface area contributed by atoms with Gasteiger partial charge in [0, 0.05) is 34.9 Å². The third-order valence-corrected chi connectivity index (χ3v) is 5.42. The Morgan fingerprint density at radius 1 is 1.14 bits per heavy atom. The molecule has 4 rings (SSSR count). The first-order valence-electron chi connectivity index (χ1n) is 9.16. The molecule has 4 aromatic rings. The number of nitrogens with zero attached hydrogens (tertiary/aromatic N) is 3. The molecule has 0 unspecified atom stereocenters. The van der Waals surface area contributed by atoms with Crippen molar-refractivity contribution in [3.05, 3.63) is 69.6 Å². The van der Waals surface area contributed by atoms with Crippen LogP contribution in [-0.2, 0) is 0 Å². The third kappa shape index (κ3) is 4.28. The molecule has 3 heterocycles. The fraction of sp³-hybridized carbons (Fsp3) is 0.136. The van der Waals surface area contributed by atoms with Gasteiger partial charge in [-0.25, -0.2) is 9.97 Å². The Bertz CT molecular complexity index is 1260. The predicted octanol–water partition coefficient (Wildman–Crippen LogP) is 5.72. The molecule has 0 aliphatic carbocycles. The van der Waals surface area contributed by atoms with E-state index in [2.05, 4.69) is 37.7 Å². The highest BCUT2D eigenvalue weighted by atomic mass is 32.1. The molecule has 3 aromatic heterocycles. The minimum atomic E-state index is 0.344. The number of hydrogen-bond donors (Lipinski definition) is 3. The number of allylic oxidation sites excluding steroid dienone is 1. The first kappa shape index (κ1) is 18.7. The number of anilines is 3. The van der Waals surface area contributed by atoms with Crippen LogP contribution in [0.5, 0.6) is 0 Å². The summed E-state index contributed by atoms with van der Waals surface area (Å²) in [6.45, 7) is 6.00. The topological polar surface area (TPSA) is 89.4 Å². The fourth-order valence-electron chi connectivity index (χ4n) is 3.14. The average Bonchev–Trinajstić information content (AvgIpc) is 3.26. The van der Waals surface area contributed by atoms with Gasteiger partial charge >= 0.3 is 0 Å². The Kier molecular flexibility index (Phi) is 5.02. The van der Waals surface area contributed by atoms with Gasteiger partial charge in [-0.2, -0.15) is 5.26 Å². The summed E-state index contributed by atoms with van der Waals surface area (Å²) in [4.78, 5) is 13.2. The zero-order valence-electron chi connectivity index (χ0n) is 16.4. The highest BCUT2D eigenvalue weighted by Gasteiger charge is 2.06. The molecule has 0 spiro atoms. The van der Waals surface area contributed by atoms with Gasteiger partial charge in [0.25, 0.3) is 0 Å². The molecule has 0 aliphatic rings. The molecule has 3 N–H and O–H groups in total. The number of rotatable bonds is 5. The summed E-state index contributed by atoms with van der Waals surface area (Å²) in [7, 11) is 0. The molecule has 0 aliphatic heterocycles. The van der Waals surface area contributed by atoms with E-state index in [9.17, 15) is 5.26 Å². The van der Waals surface area contributed by atoms with Gasteiger partial charge in [-0.05, 0) is 56.5 Å². The van der Waals surface area contributed by atoms with Crippen molar-refractivity contribution in [1.29, 1.82) is 5.26 Å². The lowest BCUT2D eigenvalue weighted by Crippen LogP contribution is -2.00. The maximum atomic E-state index is 9.38. The molecule has 0 atom stereocenters. The fourth-order valence-corrected chi connectivity index (χ4v) is 4.07. The Balaban J connectivity index is 1.59. The lowest BCUT2D eigenvalue weighted by Gasteiger charge is -2.11. The minimum Gasteiger partial charge on any atom is -0.361 e. The molecule has 29 heavy (non-hydrogen) atoms. The van der Waals surface area contributed by atoms with Crippen molar-refractivity contribution < 1.29 is 0 Å². The van der Waals surface area contributed by atoms with Gasteiger partial charge in [0.15, 0.2) is 0 Å². The third-order valence-electron chi connectivity index (χ3n) is 4.40. The Hall–Kier alpha value is -3.63. The van der Waals surface area contributed by atoms with Crippen molar-refractivity contribution in [2.75, 3.05) is 10.6 Å². The van der Waals surface area contributed by atoms with Crippen LogP contribution in [0.2, 0.25) is 0 Å². The van der Waals surface area contributed by atoms with Gasteiger partial charge in [-0.3, -0.25) is 0 Å². The predicted molar refractivity (Wildman–Crippen MR) is 119 cm³/mol. The SMILES string of the molecule is C/C(=C\c1sc(C)nc1C)Nc1cc(C#N)nc(Nc2ccc3cc[nH]c3c2)c1. The summed E-state index contributed by atoms with van der Waals surface area (Å²) >= 11 is 1.66. The molecule has 0 saturated carbocycles. The van der Waals surface area contributed by atoms with Crippen LogP contribution in [-0.4, -0.2) is 15.0 Å². The number of nitriles is 1. The van der Waals surface area contributed by atoms with Crippen molar-refractivity contribution in [2.45, 2.75) is 20.8 Å².